The molecule has 2 amide bonds. The molecule has 0 spiro atoms. The molecule has 1 unspecified atom stereocenters. The van der Waals surface area contributed by atoms with E-state index in [-0.39, 0.29) is 11.3 Å². The van der Waals surface area contributed by atoms with Gasteiger partial charge in [0.2, 0.25) is 11.8 Å². The molecule has 0 aromatic heterocycles. The Bertz CT molecular complexity index is 701. The Morgan fingerprint density at radius 1 is 0.931 bits per heavy atom. The molecule has 3 fully saturated rings. The lowest BCUT2D eigenvalue weighted by Crippen LogP contribution is -2.44. The van der Waals surface area contributed by atoms with Crippen molar-refractivity contribution < 1.29 is 9.59 Å². The molecule has 2 heterocycles. The number of rotatable bonds is 2. The van der Waals surface area contributed by atoms with E-state index in [1.165, 1.54) is 18.4 Å². The van der Waals surface area contributed by atoms with Crippen LogP contribution in [0.4, 0.5) is 0 Å². The zero-order valence-electron chi connectivity index (χ0n) is 17.6. The first kappa shape index (κ1) is 20.4. The van der Waals surface area contributed by atoms with Gasteiger partial charge in [0, 0.05) is 38.6 Å². The second-order valence-electron chi connectivity index (χ2n) is 9.04. The second kappa shape index (κ2) is 9.29. The predicted molar refractivity (Wildman–Crippen MR) is 115 cm³/mol. The molecule has 1 N–H and O–H groups in total. The number of nitrogens with one attached hydrogen (secondary N) is 1. The molecule has 4 rings (SSSR count). The minimum Gasteiger partial charge on any atom is -0.356 e. The summed E-state index contributed by atoms with van der Waals surface area (Å²) in [4.78, 5) is 30.5. The van der Waals surface area contributed by atoms with Crippen LogP contribution in [0.2, 0.25) is 0 Å². The first-order chi connectivity index (χ1) is 14.2. The molecule has 5 heteroatoms. The number of hydrogen-bond donors (Lipinski definition) is 1. The van der Waals surface area contributed by atoms with Gasteiger partial charge in [-0.2, -0.15) is 0 Å². The zero-order chi connectivity index (χ0) is 20.1. The van der Waals surface area contributed by atoms with E-state index in [9.17, 15) is 9.59 Å². The van der Waals surface area contributed by atoms with Gasteiger partial charge in [-0.05, 0) is 57.1 Å². The highest BCUT2D eigenvalue weighted by molar-refractivity contribution is 5.91. The summed E-state index contributed by atoms with van der Waals surface area (Å²) in [7, 11) is 0. The SMILES string of the molecule is O=C1CC2CCCCN2CCCN(C(=O)C2(c3ccccc3)CC2)CCCCN1. The van der Waals surface area contributed by atoms with E-state index in [2.05, 4.69) is 27.2 Å². The monoisotopic (exact) mass is 397 g/mol. The molecule has 0 radical (unpaired) electrons. The molecule has 1 aliphatic carbocycles. The largest absolute Gasteiger partial charge is 0.356 e. The summed E-state index contributed by atoms with van der Waals surface area (Å²) in [6.45, 7) is 4.42. The van der Waals surface area contributed by atoms with Crippen LogP contribution in [-0.4, -0.2) is 60.4 Å². The molecule has 2 aliphatic heterocycles. The fourth-order valence-corrected chi connectivity index (χ4v) is 5.12. The highest BCUT2D eigenvalue weighted by atomic mass is 16.2. The molecule has 0 bridgehead atoms. The smallest absolute Gasteiger partial charge is 0.233 e. The Morgan fingerprint density at radius 3 is 2.45 bits per heavy atom. The average molecular weight is 398 g/mol. The van der Waals surface area contributed by atoms with Crippen molar-refractivity contribution in [2.45, 2.75) is 69.2 Å². The van der Waals surface area contributed by atoms with Gasteiger partial charge in [-0.1, -0.05) is 36.8 Å². The van der Waals surface area contributed by atoms with Gasteiger partial charge in [-0.25, -0.2) is 0 Å². The Hall–Kier alpha value is -1.88. The molecule has 1 saturated carbocycles. The Morgan fingerprint density at radius 2 is 1.66 bits per heavy atom. The van der Waals surface area contributed by atoms with Gasteiger partial charge in [-0.15, -0.1) is 0 Å². The Kier molecular flexibility index (Phi) is 6.53. The average Bonchev–Trinajstić information content (AvgIpc) is 3.55. The summed E-state index contributed by atoms with van der Waals surface area (Å²) in [5.74, 6) is 0.507. The van der Waals surface area contributed by atoms with Crippen LogP contribution in [-0.2, 0) is 15.0 Å². The van der Waals surface area contributed by atoms with Crippen LogP contribution < -0.4 is 5.32 Å². The summed E-state index contributed by atoms with van der Waals surface area (Å²) in [5.41, 5.74) is 0.896. The van der Waals surface area contributed by atoms with Crippen molar-refractivity contribution >= 4 is 11.8 Å². The zero-order valence-corrected chi connectivity index (χ0v) is 17.6. The lowest BCUT2D eigenvalue weighted by Gasteiger charge is -2.36. The Balaban J connectivity index is 1.44. The van der Waals surface area contributed by atoms with E-state index in [0.29, 0.717) is 18.4 Å². The molecule has 5 nitrogen and oxygen atoms in total. The highest BCUT2D eigenvalue weighted by Gasteiger charge is 2.52. The third-order valence-corrected chi connectivity index (χ3v) is 6.99. The number of fused-ring (bicyclic) bond motifs is 1. The molecule has 158 valence electrons. The molecule has 1 aromatic carbocycles. The van der Waals surface area contributed by atoms with Crippen molar-refractivity contribution in [2.24, 2.45) is 0 Å². The molecule has 3 aliphatic rings. The van der Waals surface area contributed by atoms with E-state index >= 15 is 0 Å². The lowest BCUT2D eigenvalue weighted by molar-refractivity contribution is -0.134. The standard InChI is InChI=1S/C24H35N3O2/c28-22-19-21-11-4-6-15-26(21)17-8-18-27(16-7-5-14-25-22)23(29)24(12-13-24)20-9-2-1-3-10-20/h1-3,9-10,21H,4-8,11-19H2,(H,25,28). The van der Waals surface area contributed by atoms with Crippen LogP contribution in [0.15, 0.2) is 30.3 Å². The van der Waals surface area contributed by atoms with Crippen LogP contribution in [0, 0.1) is 0 Å². The van der Waals surface area contributed by atoms with Gasteiger partial charge >= 0.3 is 0 Å². The van der Waals surface area contributed by atoms with Crippen LogP contribution in [0.25, 0.3) is 0 Å². The summed E-state index contributed by atoms with van der Waals surface area (Å²) in [5, 5.41) is 3.10. The lowest BCUT2D eigenvalue weighted by atomic mass is 9.94. The summed E-state index contributed by atoms with van der Waals surface area (Å²) in [6, 6.07) is 10.7. The van der Waals surface area contributed by atoms with E-state index in [0.717, 1.165) is 71.2 Å². The van der Waals surface area contributed by atoms with Crippen LogP contribution in [0.5, 0.6) is 0 Å². The van der Waals surface area contributed by atoms with Crippen LogP contribution >= 0.6 is 0 Å². The van der Waals surface area contributed by atoms with Crippen LogP contribution in [0.3, 0.4) is 0 Å². The van der Waals surface area contributed by atoms with Crippen LogP contribution in [0.1, 0.15) is 63.4 Å². The number of nitrogens with zero attached hydrogens (tertiary/aromatic N) is 2. The topological polar surface area (TPSA) is 52.7 Å². The third-order valence-electron chi connectivity index (χ3n) is 6.99. The van der Waals surface area contributed by atoms with E-state index in [1.807, 2.05) is 18.2 Å². The quantitative estimate of drug-likeness (QED) is 0.834. The molecule has 29 heavy (non-hydrogen) atoms. The maximum atomic E-state index is 13.5. The molecular weight excluding hydrogens is 362 g/mol. The van der Waals surface area contributed by atoms with Gasteiger partial charge in [0.15, 0.2) is 0 Å². The van der Waals surface area contributed by atoms with Crippen molar-refractivity contribution in [3.8, 4) is 0 Å². The first-order valence-corrected chi connectivity index (χ1v) is 11.5. The van der Waals surface area contributed by atoms with Crippen molar-refractivity contribution in [1.29, 1.82) is 0 Å². The number of amides is 2. The van der Waals surface area contributed by atoms with Crippen molar-refractivity contribution in [1.82, 2.24) is 15.1 Å². The maximum Gasteiger partial charge on any atom is 0.233 e. The predicted octanol–water partition coefficient (Wildman–Crippen LogP) is 3.09. The molecule has 1 atom stereocenters. The number of carbonyl (C=O) groups is 2. The minimum atomic E-state index is -0.281. The van der Waals surface area contributed by atoms with Crippen molar-refractivity contribution in [3.63, 3.8) is 0 Å². The minimum absolute atomic E-state index is 0.190. The van der Waals surface area contributed by atoms with Gasteiger partial charge in [0.05, 0.1) is 5.41 Å². The van der Waals surface area contributed by atoms with Gasteiger partial charge in [0.1, 0.15) is 0 Å². The second-order valence-corrected chi connectivity index (χ2v) is 9.04. The fraction of sp³-hybridized carbons (Fsp3) is 0.667. The molecule has 1 aromatic rings. The number of hydrogen-bond acceptors (Lipinski definition) is 3. The number of carbonyl (C=O) groups excluding carboxylic acids is 2. The summed E-state index contributed by atoms with van der Waals surface area (Å²) in [6.07, 6.45) is 9.00. The van der Waals surface area contributed by atoms with E-state index < -0.39 is 0 Å². The van der Waals surface area contributed by atoms with Crippen molar-refractivity contribution in [3.05, 3.63) is 35.9 Å². The summed E-state index contributed by atoms with van der Waals surface area (Å²) < 4.78 is 0. The van der Waals surface area contributed by atoms with Gasteiger partial charge < -0.3 is 10.2 Å². The third kappa shape index (κ3) is 4.82. The number of benzene rings is 1. The maximum absolute atomic E-state index is 13.5. The molecule has 2 saturated heterocycles. The number of piperidine rings is 1. The highest BCUT2D eigenvalue weighted by Crippen LogP contribution is 2.49. The Labute approximate surface area is 174 Å². The first-order valence-electron chi connectivity index (χ1n) is 11.5. The fourth-order valence-electron chi connectivity index (χ4n) is 5.12. The normalized spacial score (nSPS) is 26.3. The molecular formula is C24H35N3O2. The van der Waals surface area contributed by atoms with Gasteiger partial charge in [0.25, 0.3) is 0 Å². The van der Waals surface area contributed by atoms with E-state index in [4.69, 9.17) is 0 Å². The van der Waals surface area contributed by atoms with Gasteiger partial charge in [-0.3, -0.25) is 14.5 Å². The summed E-state index contributed by atoms with van der Waals surface area (Å²) >= 11 is 0. The van der Waals surface area contributed by atoms with Crippen molar-refractivity contribution in [2.75, 3.05) is 32.7 Å². The van der Waals surface area contributed by atoms with E-state index in [1.54, 1.807) is 0 Å².